The van der Waals surface area contributed by atoms with Gasteiger partial charge >= 0.3 is 0 Å². The summed E-state index contributed by atoms with van der Waals surface area (Å²) in [4.78, 5) is 12.1. The lowest BCUT2D eigenvalue weighted by Crippen LogP contribution is -2.38. The van der Waals surface area contributed by atoms with Gasteiger partial charge in [-0.25, -0.2) is 13.6 Å². The second-order valence-corrected chi connectivity index (χ2v) is 7.36. The number of hydrogen-bond acceptors (Lipinski definition) is 3. The highest BCUT2D eigenvalue weighted by molar-refractivity contribution is 9.10. The summed E-state index contributed by atoms with van der Waals surface area (Å²) in [6, 6.07) is 7.62. The molecule has 0 heterocycles. The van der Waals surface area contributed by atoms with Crippen molar-refractivity contribution in [3.8, 4) is 0 Å². The number of hydrogen-bond donors (Lipinski definition) is 2. The molecule has 0 bridgehead atoms. The summed E-state index contributed by atoms with van der Waals surface area (Å²) in [6.45, 7) is 0.0515. The molecule has 2 rings (SSSR count). The maximum atomic E-state index is 12.1. The van der Waals surface area contributed by atoms with Crippen molar-refractivity contribution in [1.82, 2.24) is 5.32 Å². The first kappa shape index (κ1) is 14.5. The van der Waals surface area contributed by atoms with E-state index >= 15 is 0 Å². The van der Waals surface area contributed by atoms with Crippen LogP contribution in [0.3, 0.4) is 0 Å². The van der Waals surface area contributed by atoms with Crippen molar-refractivity contribution in [1.29, 1.82) is 0 Å². The molecule has 104 valence electrons. The van der Waals surface area contributed by atoms with E-state index in [2.05, 4.69) is 21.2 Å². The lowest BCUT2D eigenvalue weighted by Gasteiger charge is -2.15. The molecule has 1 fully saturated rings. The van der Waals surface area contributed by atoms with Crippen LogP contribution in [0, 0.1) is 0 Å². The fraction of sp³-hybridized carbons (Fsp3) is 0.417. The Balaban J connectivity index is 2.00. The third kappa shape index (κ3) is 3.55. The van der Waals surface area contributed by atoms with Gasteiger partial charge in [0, 0.05) is 11.0 Å². The van der Waals surface area contributed by atoms with E-state index in [-0.39, 0.29) is 18.2 Å². The predicted octanol–water partition coefficient (Wildman–Crippen LogP) is 0.885. The van der Waals surface area contributed by atoms with Crippen LogP contribution in [-0.2, 0) is 20.2 Å². The molecule has 19 heavy (non-hydrogen) atoms. The number of nitrogens with two attached hydrogens (primary N) is 1. The van der Waals surface area contributed by atoms with E-state index < -0.39 is 15.4 Å². The molecular weight excluding hydrogens is 332 g/mol. The van der Waals surface area contributed by atoms with Crippen molar-refractivity contribution in [3.05, 3.63) is 34.3 Å². The van der Waals surface area contributed by atoms with Gasteiger partial charge in [-0.15, -0.1) is 0 Å². The van der Waals surface area contributed by atoms with Crippen LogP contribution in [0.4, 0.5) is 0 Å². The summed E-state index contributed by atoms with van der Waals surface area (Å²) in [5, 5.41) is 7.54. The summed E-state index contributed by atoms with van der Waals surface area (Å²) in [7, 11) is -3.54. The lowest BCUT2D eigenvalue weighted by molar-refractivity contribution is -0.123. The second kappa shape index (κ2) is 5.22. The first-order valence-corrected chi connectivity index (χ1v) is 8.39. The van der Waals surface area contributed by atoms with Gasteiger partial charge in [0.15, 0.2) is 0 Å². The summed E-state index contributed by atoms with van der Waals surface area (Å²) in [5.74, 6) is -0.367. The summed E-state index contributed by atoms with van der Waals surface area (Å²) < 4.78 is 22.6. The minimum absolute atomic E-state index is 0.0515. The minimum Gasteiger partial charge on any atom is -0.354 e. The van der Waals surface area contributed by atoms with Crippen LogP contribution in [0.2, 0.25) is 0 Å². The molecule has 5 nitrogen and oxygen atoms in total. The zero-order valence-corrected chi connectivity index (χ0v) is 12.6. The third-order valence-electron chi connectivity index (χ3n) is 3.25. The van der Waals surface area contributed by atoms with Crippen LogP contribution in [-0.4, -0.2) is 26.6 Å². The molecule has 1 aliphatic rings. The number of sulfonamides is 1. The topological polar surface area (TPSA) is 89.3 Å². The Labute approximate surface area is 120 Å². The quantitative estimate of drug-likeness (QED) is 0.829. The number of benzene rings is 1. The second-order valence-electron chi connectivity index (χ2n) is 4.71. The van der Waals surface area contributed by atoms with Crippen LogP contribution in [0.15, 0.2) is 28.7 Å². The number of nitrogens with one attached hydrogen (secondary N) is 1. The van der Waals surface area contributed by atoms with Crippen molar-refractivity contribution >= 4 is 31.9 Å². The molecule has 0 saturated heterocycles. The number of amides is 1. The molecule has 1 amide bonds. The van der Waals surface area contributed by atoms with Crippen molar-refractivity contribution in [2.45, 2.75) is 18.3 Å². The molecule has 1 aliphatic carbocycles. The standard InChI is InChI=1S/C12H15BrN2O3S/c13-10-3-1-9(2-4-10)12(5-6-12)11(16)15-7-8-19(14,17)18/h1-4H,5-8H2,(H,15,16)(H2,14,17,18). The van der Waals surface area contributed by atoms with Gasteiger partial charge in [-0.2, -0.15) is 0 Å². The largest absolute Gasteiger partial charge is 0.354 e. The Morgan fingerprint density at radius 2 is 1.89 bits per heavy atom. The Morgan fingerprint density at radius 3 is 2.37 bits per heavy atom. The zero-order valence-electron chi connectivity index (χ0n) is 10.2. The fourth-order valence-corrected chi connectivity index (χ4v) is 2.67. The van der Waals surface area contributed by atoms with Gasteiger partial charge in [-0.3, -0.25) is 4.79 Å². The van der Waals surface area contributed by atoms with E-state index in [0.717, 1.165) is 22.9 Å². The van der Waals surface area contributed by atoms with Gasteiger partial charge in [0.2, 0.25) is 15.9 Å². The first-order chi connectivity index (χ1) is 8.83. The number of halogens is 1. The molecule has 0 spiro atoms. The number of rotatable bonds is 5. The van der Waals surface area contributed by atoms with Crippen LogP contribution in [0.5, 0.6) is 0 Å². The van der Waals surface area contributed by atoms with Crippen molar-refractivity contribution in [2.24, 2.45) is 5.14 Å². The molecule has 0 unspecified atom stereocenters. The minimum atomic E-state index is -3.54. The van der Waals surface area contributed by atoms with Crippen molar-refractivity contribution in [2.75, 3.05) is 12.3 Å². The number of carbonyl (C=O) groups is 1. The molecular formula is C12H15BrN2O3S. The predicted molar refractivity (Wildman–Crippen MR) is 76.0 cm³/mol. The van der Waals surface area contributed by atoms with Gasteiger partial charge in [-0.1, -0.05) is 28.1 Å². The highest BCUT2D eigenvalue weighted by Crippen LogP contribution is 2.48. The monoisotopic (exact) mass is 346 g/mol. The summed E-state index contributed by atoms with van der Waals surface area (Å²) in [6.07, 6.45) is 1.58. The van der Waals surface area contributed by atoms with E-state index in [1.165, 1.54) is 0 Å². The molecule has 7 heteroatoms. The highest BCUT2D eigenvalue weighted by Gasteiger charge is 2.50. The first-order valence-electron chi connectivity index (χ1n) is 5.88. The van der Waals surface area contributed by atoms with Crippen molar-refractivity contribution < 1.29 is 13.2 Å². The van der Waals surface area contributed by atoms with Crippen LogP contribution in [0.25, 0.3) is 0 Å². The Kier molecular flexibility index (Phi) is 3.98. The van der Waals surface area contributed by atoms with Gasteiger partial charge < -0.3 is 5.32 Å². The highest BCUT2D eigenvalue weighted by atomic mass is 79.9. The molecule has 0 aromatic heterocycles. The molecule has 1 saturated carbocycles. The molecule has 3 N–H and O–H groups in total. The van der Waals surface area contributed by atoms with Gasteiger partial charge in [0.25, 0.3) is 0 Å². The van der Waals surface area contributed by atoms with E-state index in [1.54, 1.807) is 0 Å². The molecule has 0 aliphatic heterocycles. The SMILES string of the molecule is NS(=O)(=O)CCNC(=O)C1(c2ccc(Br)cc2)CC1. The van der Waals surface area contributed by atoms with E-state index in [9.17, 15) is 13.2 Å². The summed E-state index contributed by atoms with van der Waals surface area (Å²) in [5.41, 5.74) is 0.475. The van der Waals surface area contributed by atoms with E-state index in [1.807, 2.05) is 24.3 Å². The fourth-order valence-electron chi connectivity index (χ4n) is 2.02. The van der Waals surface area contributed by atoms with Crippen LogP contribution < -0.4 is 10.5 Å². The zero-order chi connectivity index (χ0) is 14.1. The smallest absolute Gasteiger partial charge is 0.230 e. The number of carbonyl (C=O) groups excluding carboxylic acids is 1. The Bertz CT molecular complexity index is 579. The number of primary sulfonamides is 1. The lowest BCUT2D eigenvalue weighted by atomic mass is 9.95. The Morgan fingerprint density at radius 1 is 1.32 bits per heavy atom. The maximum absolute atomic E-state index is 12.1. The van der Waals surface area contributed by atoms with Crippen LogP contribution >= 0.6 is 15.9 Å². The Hall–Kier alpha value is -0.920. The average molecular weight is 347 g/mol. The van der Waals surface area contributed by atoms with E-state index in [4.69, 9.17) is 5.14 Å². The normalized spacial score (nSPS) is 16.9. The third-order valence-corrected chi connectivity index (χ3v) is 4.56. The summed E-state index contributed by atoms with van der Waals surface area (Å²) >= 11 is 3.35. The molecule has 0 radical (unpaired) electrons. The van der Waals surface area contributed by atoms with Gasteiger partial charge in [0.1, 0.15) is 0 Å². The van der Waals surface area contributed by atoms with Crippen LogP contribution in [0.1, 0.15) is 18.4 Å². The van der Waals surface area contributed by atoms with Gasteiger partial charge in [-0.05, 0) is 30.5 Å². The molecule has 1 aromatic carbocycles. The van der Waals surface area contributed by atoms with E-state index in [0.29, 0.717) is 0 Å². The maximum Gasteiger partial charge on any atom is 0.230 e. The molecule has 1 aromatic rings. The van der Waals surface area contributed by atoms with Gasteiger partial charge in [0.05, 0.1) is 11.2 Å². The van der Waals surface area contributed by atoms with Crippen molar-refractivity contribution in [3.63, 3.8) is 0 Å². The average Bonchev–Trinajstić information content (AvgIpc) is 3.09. The molecule has 0 atom stereocenters.